The maximum atomic E-state index is 12.7. The SMILES string of the molecule is CCCCNC(=O)C1CCN(C(C)C(=O)N2CCCCCC2)CC1. The molecular formula is C19H35N3O2. The van der Waals surface area contributed by atoms with Gasteiger partial charge in [0.1, 0.15) is 0 Å². The molecule has 0 bridgehead atoms. The third kappa shape index (κ3) is 5.47. The lowest BCUT2D eigenvalue weighted by atomic mass is 9.94. The fourth-order valence-corrected chi connectivity index (χ4v) is 3.79. The van der Waals surface area contributed by atoms with Crippen molar-refractivity contribution in [3.05, 3.63) is 0 Å². The first-order chi connectivity index (χ1) is 11.6. The van der Waals surface area contributed by atoms with E-state index >= 15 is 0 Å². The zero-order chi connectivity index (χ0) is 17.4. The van der Waals surface area contributed by atoms with Crippen molar-refractivity contribution in [2.75, 3.05) is 32.7 Å². The second-order valence-electron chi connectivity index (χ2n) is 7.37. The van der Waals surface area contributed by atoms with E-state index in [2.05, 4.69) is 22.0 Å². The number of piperidine rings is 1. The highest BCUT2D eigenvalue weighted by Gasteiger charge is 2.31. The fraction of sp³-hybridized carbons (Fsp3) is 0.895. The molecule has 5 nitrogen and oxygen atoms in total. The van der Waals surface area contributed by atoms with Crippen LogP contribution in [0.5, 0.6) is 0 Å². The van der Waals surface area contributed by atoms with Crippen LogP contribution in [-0.4, -0.2) is 60.4 Å². The van der Waals surface area contributed by atoms with Crippen LogP contribution in [0.25, 0.3) is 0 Å². The van der Waals surface area contributed by atoms with Crippen molar-refractivity contribution < 1.29 is 9.59 Å². The molecule has 24 heavy (non-hydrogen) atoms. The topological polar surface area (TPSA) is 52.7 Å². The first-order valence-electron chi connectivity index (χ1n) is 9.94. The number of nitrogens with one attached hydrogen (secondary N) is 1. The lowest BCUT2D eigenvalue weighted by molar-refractivity contribution is -0.137. The molecule has 0 saturated carbocycles. The lowest BCUT2D eigenvalue weighted by Crippen LogP contribution is -2.51. The van der Waals surface area contributed by atoms with Crippen LogP contribution in [0.2, 0.25) is 0 Å². The molecule has 2 rings (SSSR count). The second kappa shape index (κ2) is 10.0. The number of carbonyl (C=O) groups is 2. The lowest BCUT2D eigenvalue weighted by Gasteiger charge is -2.36. The van der Waals surface area contributed by atoms with Gasteiger partial charge in [-0.05, 0) is 52.1 Å². The van der Waals surface area contributed by atoms with Crippen LogP contribution in [0.15, 0.2) is 0 Å². The van der Waals surface area contributed by atoms with Crippen LogP contribution in [0.1, 0.15) is 65.2 Å². The summed E-state index contributed by atoms with van der Waals surface area (Å²) in [5, 5.41) is 3.05. The highest BCUT2D eigenvalue weighted by Crippen LogP contribution is 2.21. The Morgan fingerprint density at radius 2 is 1.67 bits per heavy atom. The first-order valence-corrected chi connectivity index (χ1v) is 9.94. The Kier molecular flexibility index (Phi) is 8.03. The number of amides is 2. The average molecular weight is 338 g/mol. The van der Waals surface area contributed by atoms with Crippen LogP contribution < -0.4 is 5.32 Å². The molecule has 2 aliphatic rings. The van der Waals surface area contributed by atoms with Crippen molar-refractivity contribution in [1.82, 2.24) is 15.1 Å². The molecule has 1 unspecified atom stereocenters. The number of carbonyl (C=O) groups excluding carboxylic acids is 2. The Morgan fingerprint density at radius 3 is 2.25 bits per heavy atom. The molecule has 2 saturated heterocycles. The molecule has 0 radical (unpaired) electrons. The van der Waals surface area contributed by atoms with Crippen LogP contribution in [0, 0.1) is 5.92 Å². The van der Waals surface area contributed by atoms with Crippen molar-refractivity contribution in [3.8, 4) is 0 Å². The molecule has 5 heteroatoms. The molecule has 1 N–H and O–H groups in total. The van der Waals surface area contributed by atoms with E-state index < -0.39 is 0 Å². The number of nitrogens with zero attached hydrogens (tertiary/aromatic N) is 2. The molecule has 0 aromatic heterocycles. The molecule has 2 fully saturated rings. The monoisotopic (exact) mass is 337 g/mol. The summed E-state index contributed by atoms with van der Waals surface area (Å²) in [7, 11) is 0. The molecule has 2 aliphatic heterocycles. The van der Waals surface area contributed by atoms with Gasteiger partial charge in [-0.1, -0.05) is 26.2 Å². The van der Waals surface area contributed by atoms with E-state index in [0.29, 0.717) is 0 Å². The van der Waals surface area contributed by atoms with Gasteiger partial charge >= 0.3 is 0 Å². The van der Waals surface area contributed by atoms with E-state index in [9.17, 15) is 9.59 Å². The number of hydrogen-bond donors (Lipinski definition) is 1. The number of likely N-dealkylation sites (tertiary alicyclic amines) is 2. The van der Waals surface area contributed by atoms with Gasteiger partial charge < -0.3 is 10.2 Å². The maximum absolute atomic E-state index is 12.7. The second-order valence-corrected chi connectivity index (χ2v) is 7.37. The Balaban J connectivity index is 1.76. The molecule has 0 aliphatic carbocycles. The third-order valence-corrected chi connectivity index (χ3v) is 5.55. The fourth-order valence-electron chi connectivity index (χ4n) is 3.79. The first kappa shape index (κ1) is 19.2. The summed E-state index contributed by atoms with van der Waals surface area (Å²) in [5.74, 6) is 0.607. The third-order valence-electron chi connectivity index (χ3n) is 5.55. The van der Waals surface area contributed by atoms with Gasteiger partial charge in [0.2, 0.25) is 11.8 Å². The predicted octanol–water partition coefficient (Wildman–Crippen LogP) is 2.41. The van der Waals surface area contributed by atoms with Gasteiger partial charge in [-0.15, -0.1) is 0 Å². The molecule has 0 aromatic rings. The number of hydrogen-bond acceptors (Lipinski definition) is 3. The van der Waals surface area contributed by atoms with Gasteiger partial charge in [-0.2, -0.15) is 0 Å². The van der Waals surface area contributed by atoms with Crippen molar-refractivity contribution >= 4 is 11.8 Å². The Bertz CT molecular complexity index is 397. The van der Waals surface area contributed by atoms with Gasteiger partial charge in [-0.25, -0.2) is 0 Å². The summed E-state index contributed by atoms with van der Waals surface area (Å²) in [6.07, 6.45) is 8.66. The minimum absolute atomic E-state index is 0.0489. The zero-order valence-corrected chi connectivity index (χ0v) is 15.6. The summed E-state index contributed by atoms with van der Waals surface area (Å²) in [6.45, 7) is 8.50. The van der Waals surface area contributed by atoms with Gasteiger partial charge in [0.25, 0.3) is 0 Å². The minimum atomic E-state index is -0.0489. The van der Waals surface area contributed by atoms with Gasteiger partial charge in [0, 0.05) is 25.6 Å². The molecule has 138 valence electrons. The summed E-state index contributed by atoms with van der Waals surface area (Å²) < 4.78 is 0. The maximum Gasteiger partial charge on any atom is 0.239 e. The van der Waals surface area contributed by atoms with E-state index in [-0.39, 0.29) is 23.8 Å². The number of unbranched alkanes of at least 4 members (excludes halogenated alkanes) is 1. The normalized spacial score (nSPS) is 22.0. The van der Waals surface area contributed by atoms with Crippen LogP contribution in [0.3, 0.4) is 0 Å². The Morgan fingerprint density at radius 1 is 1.04 bits per heavy atom. The zero-order valence-electron chi connectivity index (χ0n) is 15.6. The summed E-state index contributed by atoms with van der Waals surface area (Å²) in [6, 6.07) is -0.0489. The Hall–Kier alpha value is -1.10. The van der Waals surface area contributed by atoms with E-state index in [4.69, 9.17) is 0 Å². The smallest absolute Gasteiger partial charge is 0.239 e. The van der Waals surface area contributed by atoms with Gasteiger partial charge in [-0.3, -0.25) is 14.5 Å². The van der Waals surface area contributed by atoms with Crippen molar-refractivity contribution in [2.24, 2.45) is 5.92 Å². The van der Waals surface area contributed by atoms with Crippen LogP contribution in [-0.2, 0) is 9.59 Å². The Labute approximate surface area is 147 Å². The molecule has 2 amide bonds. The van der Waals surface area contributed by atoms with Gasteiger partial charge in [0.05, 0.1) is 6.04 Å². The summed E-state index contributed by atoms with van der Waals surface area (Å²) >= 11 is 0. The van der Waals surface area contributed by atoms with Gasteiger partial charge in [0.15, 0.2) is 0 Å². The van der Waals surface area contributed by atoms with Crippen LogP contribution >= 0.6 is 0 Å². The highest BCUT2D eigenvalue weighted by atomic mass is 16.2. The summed E-state index contributed by atoms with van der Waals surface area (Å²) in [5.41, 5.74) is 0. The van der Waals surface area contributed by atoms with Crippen molar-refractivity contribution in [3.63, 3.8) is 0 Å². The van der Waals surface area contributed by atoms with Crippen molar-refractivity contribution in [2.45, 2.75) is 71.3 Å². The number of rotatable bonds is 6. The average Bonchev–Trinajstić information content (AvgIpc) is 2.90. The molecule has 2 heterocycles. The van der Waals surface area contributed by atoms with Crippen LogP contribution in [0.4, 0.5) is 0 Å². The van der Waals surface area contributed by atoms with E-state index in [1.165, 1.54) is 12.8 Å². The quantitative estimate of drug-likeness (QED) is 0.757. The molecular weight excluding hydrogens is 302 g/mol. The minimum Gasteiger partial charge on any atom is -0.356 e. The molecule has 0 aromatic carbocycles. The van der Waals surface area contributed by atoms with E-state index in [0.717, 1.165) is 71.2 Å². The largest absolute Gasteiger partial charge is 0.356 e. The highest BCUT2D eigenvalue weighted by molar-refractivity contribution is 5.82. The van der Waals surface area contributed by atoms with Crippen molar-refractivity contribution in [1.29, 1.82) is 0 Å². The summed E-state index contributed by atoms with van der Waals surface area (Å²) in [4.78, 5) is 29.2. The molecule has 1 atom stereocenters. The van der Waals surface area contributed by atoms with E-state index in [1.54, 1.807) is 0 Å². The molecule has 0 spiro atoms. The van der Waals surface area contributed by atoms with E-state index in [1.807, 2.05) is 6.92 Å². The standard InChI is InChI=1S/C19H35N3O2/c1-3-4-11-20-18(23)17-9-14-21(15-10-17)16(2)19(24)22-12-7-5-6-8-13-22/h16-17H,3-15H2,1-2H3,(H,20,23). The predicted molar refractivity (Wildman–Crippen MR) is 96.7 cm³/mol.